The van der Waals surface area contributed by atoms with Crippen LogP contribution in [0.5, 0.6) is 0 Å². The van der Waals surface area contributed by atoms with Gasteiger partial charge in [-0.05, 0) is 26.8 Å². The number of ether oxygens (including phenoxy) is 1. The number of nitrogens with one attached hydrogen (secondary N) is 1. The first-order chi connectivity index (χ1) is 9.02. The zero-order valence-electron chi connectivity index (χ0n) is 11.6. The zero-order valence-corrected chi connectivity index (χ0v) is 11.6. The molecule has 0 radical (unpaired) electrons. The van der Waals surface area contributed by atoms with Crippen molar-refractivity contribution in [3.05, 3.63) is 29.2 Å². The number of amides is 1. The molecule has 6 nitrogen and oxygen atoms in total. The van der Waals surface area contributed by atoms with E-state index in [9.17, 15) is 4.79 Å². The second-order valence-electron chi connectivity index (χ2n) is 4.66. The molecule has 0 saturated heterocycles. The molecule has 1 unspecified atom stereocenters. The summed E-state index contributed by atoms with van der Waals surface area (Å²) in [6.07, 6.45) is 1.55. The lowest BCUT2D eigenvalue weighted by Crippen LogP contribution is -2.35. The fourth-order valence-corrected chi connectivity index (χ4v) is 2.02. The van der Waals surface area contributed by atoms with E-state index in [0.717, 1.165) is 11.4 Å². The number of carbonyl (C=O) groups is 1. The van der Waals surface area contributed by atoms with Gasteiger partial charge in [-0.15, -0.1) is 0 Å². The number of rotatable bonds is 4. The fourth-order valence-electron chi connectivity index (χ4n) is 2.02. The van der Waals surface area contributed by atoms with Crippen LogP contribution in [0.4, 0.5) is 0 Å². The van der Waals surface area contributed by atoms with Crippen LogP contribution in [0.3, 0.4) is 0 Å². The summed E-state index contributed by atoms with van der Waals surface area (Å²) in [4.78, 5) is 16.5. The van der Waals surface area contributed by atoms with Crippen molar-refractivity contribution in [3.63, 3.8) is 0 Å². The number of methoxy groups -OCH3 is 1. The Morgan fingerprint density at radius 3 is 2.95 bits per heavy atom. The van der Waals surface area contributed by atoms with Gasteiger partial charge in [0.2, 0.25) is 0 Å². The van der Waals surface area contributed by atoms with Crippen LogP contribution in [0.25, 0.3) is 5.65 Å². The van der Waals surface area contributed by atoms with Crippen LogP contribution in [0, 0.1) is 13.8 Å². The Bertz CT molecular complexity index is 606. The Labute approximate surface area is 111 Å². The number of carbonyl (C=O) groups excluding carboxylic acids is 1. The average molecular weight is 262 g/mol. The van der Waals surface area contributed by atoms with Crippen molar-refractivity contribution >= 4 is 11.6 Å². The summed E-state index contributed by atoms with van der Waals surface area (Å²) in [7, 11) is 1.60. The number of fused-ring (bicyclic) bond motifs is 1. The smallest absolute Gasteiger partial charge is 0.257 e. The molecule has 0 fully saturated rings. The first-order valence-corrected chi connectivity index (χ1v) is 6.14. The number of nitrogens with zero attached hydrogens (tertiary/aromatic N) is 3. The second-order valence-corrected chi connectivity index (χ2v) is 4.66. The van der Waals surface area contributed by atoms with Gasteiger partial charge in [-0.3, -0.25) is 4.79 Å². The van der Waals surface area contributed by atoms with Crippen LogP contribution in [0.15, 0.2) is 12.3 Å². The van der Waals surface area contributed by atoms with Crippen molar-refractivity contribution in [2.24, 2.45) is 0 Å². The van der Waals surface area contributed by atoms with E-state index in [2.05, 4.69) is 15.4 Å². The van der Waals surface area contributed by atoms with E-state index in [4.69, 9.17) is 4.74 Å². The van der Waals surface area contributed by atoms with E-state index in [-0.39, 0.29) is 11.9 Å². The summed E-state index contributed by atoms with van der Waals surface area (Å²) in [5, 5.41) is 7.05. The molecule has 0 aliphatic rings. The van der Waals surface area contributed by atoms with E-state index in [1.165, 1.54) is 0 Å². The molecule has 2 heterocycles. The Hall–Kier alpha value is -1.95. The molecule has 2 aromatic rings. The van der Waals surface area contributed by atoms with Crippen molar-refractivity contribution in [2.75, 3.05) is 13.7 Å². The molecule has 1 atom stereocenters. The monoisotopic (exact) mass is 262 g/mol. The van der Waals surface area contributed by atoms with Crippen LogP contribution in [-0.2, 0) is 4.74 Å². The highest BCUT2D eigenvalue weighted by Crippen LogP contribution is 2.11. The molecule has 2 aromatic heterocycles. The Morgan fingerprint density at radius 1 is 1.53 bits per heavy atom. The largest absolute Gasteiger partial charge is 0.383 e. The number of aromatic nitrogens is 3. The summed E-state index contributed by atoms with van der Waals surface area (Å²) in [6.45, 7) is 6.19. The summed E-state index contributed by atoms with van der Waals surface area (Å²) >= 11 is 0. The topological polar surface area (TPSA) is 68.5 Å². The van der Waals surface area contributed by atoms with Gasteiger partial charge in [0.05, 0.1) is 12.8 Å². The highest BCUT2D eigenvalue weighted by atomic mass is 16.5. The van der Waals surface area contributed by atoms with Gasteiger partial charge in [0.25, 0.3) is 5.91 Å². The Morgan fingerprint density at radius 2 is 2.26 bits per heavy atom. The minimum absolute atomic E-state index is 0.0571. The van der Waals surface area contributed by atoms with Gasteiger partial charge in [0.15, 0.2) is 5.65 Å². The van der Waals surface area contributed by atoms with Gasteiger partial charge in [-0.1, -0.05) is 0 Å². The van der Waals surface area contributed by atoms with E-state index in [1.807, 2.05) is 26.8 Å². The molecule has 0 spiro atoms. The number of hydrogen-bond acceptors (Lipinski definition) is 4. The highest BCUT2D eigenvalue weighted by Gasteiger charge is 2.16. The third-order valence-electron chi connectivity index (χ3n) is 2.82. The second kappa shape index (κ2) is 5.36. The fraction of sp³-hybridized carbons (Fsp3) is 0.462. The Balaban J connectivity index is 2.32. The molecule has 1 N–H and O–H groups in total. The summed E-state index contributed by atoms with van der Waals surface area (Å²) < 4.78 is 6.67. The molecule has 0 aliphatic heterocycles. The molecule has 0 bridgehead atoms. The predicted molar refractivity (Wildman–Crippen MR) is 71.3 cm³/mol. The Kier molecular flexibility index (Phi) is 3.80. The zero-order chi connectivity index (χ0) is 14.0. The molecule has 2 rings (SSSR count). The van der Waals surface area contributed by atoms with Crippen LogP contribution in [-0.4, -0.2) is 40.3 Å². The summed E-state index contributed by atoms with van der Waals surface area (Å²) in [5.41, 5.74) is 2.88. The number of hydrogen-bond donors (Lipinski definition) is 1. The van der Waals surface area contributed by atoms with Crippen molar-refractivity contribution in [2.45, 2.75) is 26.8 Å². The lowest BCUT2D eigenvalue weighted by Gasteiger charge is -2.11. The van der Waals surface area contributed by atoms with Gasteiger partial charge >= 0.3 is 0 Å². The van der Waals surface area contributed by atoms with Crippen molar-refractivity contribution in [1.29, 1.82) is 0 Å². The van der Waals surface area contributed by atoms with Gasteiger partial charge in [0.1, 0.15) is 5.56 Å². The van der Waals surface area contributed by atoms with Crippen molar-refractivity contribution < 1.29 is 9.53 Å². The maximum absolute atomic E-state index is 12.2. The normalized spacial score (nSPS) is 12.6. The third-order valence-corrected chi connectivity index (χ3v) is 2.82. The average Bonchev–Trinajstić information content (AvgIpc) is 2.72. The van der Waals surface area contributed by atoms with Gasteiger partial charge in [-0.25, -0.2) is 9.50 Å². The predicted octanol–water partition coefficient (Wildman–Crippen LogP) is 1.11. The molecule has 0 aliphatic carbocycles. The van der Waals surface area contributed by atoms with E-state index in [1.54, 1.807) is 17.8 Å². The molecular formula is C13H18N4O2. The van der Waals surface area contributed by atoms with E-state index < -0.39 is 0 Å². The van der Waals surface area contributed by atoms with Gasteiger partial charge in [0, 0.05) is 24.5 Å². The molecule has 6 heteroatoms. The minimum Gasteiger partial charge on any atom is -0.383 e. The van der Waals surface area contributed by atoms with Crippen LogP contribution >= 0.6 is 0 Å². The molecule has 1 amide bonds. The van der Waals surface area contributed by atoms with Crippen molar-refractivity contribution in [1.82, 2.24) is 19.9 Å². The highest BCUT2D eigenvalue weighted by molar-refractivity contribution is 5.99. The van der Waals surface area contributed by atoms with Gasteiger partial charge < -0.3 is 10.1 Å². The molecule has 19 heavy (non-hydrogen) atoms. The lowest BCUT2D eigenvalue weighted by molar-refractivity contribution is 0.0907. The van der Waals surface area contributed by atoms with Crippen LogP contribution < -0.4 is 5.32 Å². The molecule has 0 aromatic carbocycles. The third kappa shape index (κ3) is 2.73. The summed E-state index contributed by atoms with van der Waals surface area (Å²) in [6, 6.07) is 1.87. The van der Waals surface area contributed by atoms with Gasteiger partial charge in [-0.2, -0.15) is 5.10 Å². The summed E-state index contributed by atoms with van der Waals surface area (Å²) in [5.74, 6) is -0.183. The minimum atomic E-state index is -0.183. The molecular weight excluding hydrogens is 244 g/mol. The standard InChI is InChI=1S/C13H18N4O2/c1-8-5-10(3)17-12(15-8)11(6-14-17)13(18)16-9(2)7-19-4/h5-6,9H,7H2,1-4H3,(H,16,18). The van der Waals surface area contributed by atoms with E-state index >= 15 is 0 Å². The molecule has 0 saturated carbocycles. The maximum Gasteiger partial charge on any atom is 0.257 e. The first kappa shape index (κ1) is 13.5. The maximum atomic E-state index is 12.2. The lowest BCUT2D eigenvalue weighted by atomic mass is 10.2. The number of aryl methyl sites for hydroxylation is 2. The SMILES string of the molecule is COCC(C)NC(=O)c1cnn2c(C)cc(C)nc12. The first-order valence-electron chi connectivity index (χ1n) is 6.14. The molecule has 102 valence electrons. The van der Waals surface area contributed by atoms with Crippen LogP contribution in [0.2, 0.25) is 0 Å². The van der Waals surface area contributed by atoms with Crippen molar-refractivity contribution in [3.8, 4) is 0 Å². The quantitative estimate of drug-likeness (QED) is 0.896. The van der Waals surface area contributed by atoms with Crippen LogP contribution in [0.1, 0.15) is 28.7 Å². The van der Waals surface area contributed by atoms with E-state index in [0.29, 0.717) is 17.8 Å².